The molecule has 20 heavy (non-hydrogen) atoms. The van der Waals surface area contributed by atoms with Gasteiger partial charge in [-0.25, -0.2) is 0 Å². The molecule has 1 amide bonds. The van der Waals surface area contributed by atoms with Crippen LogP contribution in [0.2, 0.25) is 0 Å². The highest BCUT2D eigenvalue weighted by Crippen LogP contribution is 2.30. The Balaban J connectivity index is 3.95. The number of carbonyl (C=O) groups is 2. The van der Waals surface area contributed by atoms with Gasteiger partial charge in [0.05, 0.1) is 11.5 Å². The van der Waals surface area contributed by atoms with E-state index in [4.69, 9.17) is 4.74 Å². The van der Waals surface area contributed by atoms with E-state index in [1.165, 1.54) is 0 Å². The highest BCUT2D eigenvalue weighted by molar-refractivity contribution is 5.84. The van der Waals surface area contributed by atoms with Crippen molar-refractivity contribution in [2.24, 2.45) is 5.41 Å². The number of unbranched alkanes of at least 4 members (excludes halogenated alkanes) is 1. The number of ether oxygens (including phenoxy) is 1. The third kappa shape index (κ3) is 6.89. The van der Waals surface area contributed by atoms with E-state index in [1.54, 1.807) is 0 Å². The Kier molecular flexibility index (Phi) is 9.21. The predicted octanol–water partition coefficient (Wildman–Crippen LogP) is 2.59. The third-order valence-corrected chi connectivity index (χ3v) is 3.65. The molecule has 0 aliphatic rings. The molecule has 118 valence electrons. The Hall–Kier alpha value is -1.10. The topological polar surface area (TPSA) is 75.6 Å². The molecule has 2 N–H and O–H groups in total. The van der Waals surface area contributed by atoms with Gasteiger partial charge in [-0.3, -0.25) is 9.59 Å². The lowest BCUT2D eigenvalue weighted by Crippen LogP contribution is -2.37. The molecule has 0 fully saturated rings. The van der Waals surface area contributed by atoms with Gasteiger partial charge in [0, 0.05) is 19.6 Å². The number of rotatable bonds is 11. The molecule has 0 radical (unpaired) electrons. The second-order valence-corrected chi connectivity index (χ2v) is 5.45. The van der Waals surface area contributed by atoms with E-state index in [2.05, 4.69) is 5.32 Å². The molecule has 0 saturated heterocycles. The summed E-state index contributed by atoms with van der Waals surface area (Å²) in [5.41, 5.74) is -0.926. The summed E-state index contributed by atoms with van der Waals surface area (Å²) in [4.78, 5) is 23.1. The summed E-state index contributed by atoms with van der Waals surface area (Å²) in [6.45, 7) is 8.87. The Bertz CT molecular complexity index is 298. The van der Waals surface area contributed by atoms with Crippen molar-refractivity contribution < 1.29 is 19.4 Å². The van der Waals surface area contributed by atoms with Crippen LogP contribution < -0.4 is 5.32 Å². The largest absolute Gasteiger partial charge is 0.481 e. The van der Waals surface area contributed by atoms with Crippen LogP contribution >= 0.6 is 0 Å². The second-order valence-electron chi connectivity index (χ2n) is 5.45. The van der Waals surface area contributed by atoms with Crippen LogP contribution in [-0.2, 0) is 14.3 Å². The van der Waals surface area contributed by atoms with Crippen LogP contribution in [0, 0.1) is 5.41 Å². The predicted molar refractivity (Wildman–Crippen MR) is 78.6 cm³/mol. The third-order valence-electron chi connectivity index (χ3n) is 3.65. The molecule has 0 aromatic heterocycles. The Labute approximate surface area is 122 Å². The first-order valence-corrected chi connectivity index (χ1v) is 7.49. The normalized spacial score (nSPS) is 11.7. The number of carbonyl (C=O) groups excluding carboxylic acids is 1. The van der Waals surface area contributed by atoms with E-state index < -0.39 is 11.4 Å². The van der Waals surface area contributed by atoms with Crippen molar-refractivity contribution >= 4 is 11.9 Å². The number of hydrogen-bond acceptors (Lipinski definition) is 3. The van der Waals surface area contributed by atoms with Crippen LogP contribution in [0.3, 0.4) is 0 Å². The van der Waals surface area contributed by atoms with E-state index >= 15 is 0 Å². The Morgan fingerprint density at radius 2 is 1.80 bits per heavy atom. The first-order valence-electron chi connectivity index (χ1n) is 7.49. The highest BCUT2D eigenvalue weighted by atomic mass is 16.5. The van der Waals surface area contributed by atoms with Crippen molar-refractivity contribution in [1.82, 2.24) is 5.32 Å². The minimum atomic E-state index is -0.926. The molecule has 0 aliphatic heterocycles. The molecule has 5 nitrogen and oxygen atoms in total. The van der Waals surface area contributed by atoms with Gasteiger partial charge < -0.3 is 15.2 Å². The second kappa shape index (κ2) is 9.75. The molecule has 0 rings (SSSR count). The van der Waals surface area contributed by atoms with Gasteiger partial charge in [-0.2, -0.15) is 0 Å². The van der Waals surface area contributed by atoms with Crippen molar-refractivity contribution in [2.45, 2.75) is 65.9 Å². The molecule has 5 heteroatoms. The summed E-state index contributed by atoms with van der Waals surface area (Å²) in [5.74, 6) is -1.07. The summed E-state index contributed by atoms with van der Waals surface area (Å²) in [6, 6.07) is 0. The standard InChI is InChI=1S/C15H29NO4/c1-5-15(6-2,14(18)19)11-13(17)16-9-7-8-10-20-12(3)4/h12H,5-11H2,1-4H3,(H,16,17)(H,18,19). The summed E-state index contributed by atoms with van der Waals surface area (Å²) in [6.07, 6.45) is 2.96. The van der Waals surface area contributed by atoms with Gasteiger partial charge in [-0.05, 0) is 39.5 Å². The van der Waals surface area contributed by atoms with E-state index in [-0.39, 0.29) is 18.4 Å². The fraction of sp³-hybridized carbons (Fsp3) is 0.867. The maximum Gasteiger partial charge on any atom is 0.310 e. The fourth-order valence-electron chi connectivity index (χ4n) is 2.02. The first kappa shape index (κ1) is 18.9. The summed E-state index contributed by atoms with van der Waals surface area (Å²) < 4.78 is 5.41. The lowest BCUT2D eigenvalue weighted by Gasteiger charge is -2.25. The van der Waals surface area contributed by atoms with Crippen molar-refractivity contribution in [3.05, 3.63) is 0 Å². The molecule has 0 saturated carbocycles. The first-order chi connectivity index (χ1) is 9.38. The van der Waals surface area contributed by atoms with Gasteiger partial charge in [-0.15, -0.1) is 0 Å². The molecular weight excluding hydrogens is 258 g/mol. The smallest absolute Gasteiger partial charge is 0.310 e. The highest BCUT2D eigenvalue weighted by Gasteiger charge is 2.36. The lowest BCUT2D eigenvalue weighted by molar-refractivity contribution is -0.152. The van der Waals surface area contributed by atoms with Gasteiger partial charge in [0.1, 0.15) is 0 Å². The number of nitrogens with one attached hydrogen (secondary N) is 1. The minimum absolute atomic E-state index is 0.0534. The van der Waals surface area contributed by atoms with E-state index in [0.717, 1.165) is 12.8 Å². The van der Waals surface area contributed by atoms with Crippen LogP contribution in [-0.4, -0.2) is 36.2 Å². The molecule has 0 aromatic carbocycles. The number of aliphatic carboxylic acids is 1. The van der Waals surface area contributed by atoms with Crippen LogP contribution in [0.15, 0.2) is 0 Å². The Morgan fingerprint density at radius 3 is 2.25 bits per heavy atom. The molecule has 0 atom stereocenters. The molecule has 0 heterocycles. The summed E-state index contributed by atoms with van der Waals surface area (Å²) >= 11 is 0. The van der Waals surface area contributed by atoms with Crippen LogP contribution in [0.25, 0.3) is 0 Å². The lowest BCUT2D eigenvalue weighted by atomic mass is 9.79. The van der Waals surface area contributed by atoms with Crippen molar-refractivity contribution in [3.63, 3.8) is 0 Å². The number of hydrogen-bond donors (Lipinski definition) is 2. The maximum atomic E-state index is 11.8. The van der Waals surface area contributed by atoms with Crippen LogP contribution in [0.1, 0.15) is 59.8 Å². The van der Waals surface area contributed by atoms with Gasteiger partial charge >= 0.3 is 5.97 Å². The Morgan fingerprint density at radius 1 is 1.20 bits per heavy atom. The average molecular weight is 287 g/mol. The van der Waals surface area contributed by atoms with Crippen LogP contribution in [0.4, 0.5) is 0 Å². The molecular formula is C15H29NO4. The SMILES string of the molecule is CCC(CC)(CC(=O)NCCCCOC(C)C)C(=O)O. The monoisotopic (exact) mass is 287 g/mol. The van der Waals surface area contributed by atoms with Gasteiger partial charge in [0.15, 0.2) is 0 Å². The van der Waals surface area contributed by atoms with E-state index in [1.807, 2.05) is 27.7 Å². The molecule has 0 spiro atoms. The van der Waals surface area contributed by atoms with E-state index in [0.29, 0.717) is 26.0 Å². The zero-order valence-corrected chi connectivity index (χ0v) is 13.2. The fourth-order valence-corrected chi connectivity index (χ4v) is 2.02. The molecule has 0 unspecified atom stereocenters. The summed E-state index contributed by atoms with van der Waals surface area (Å²) in [7, 11) is 0. The number of carboxylic acid groups (broad SMARTS) is 1. The molecule has 0 aliphatic carbocycles. The molecule has 0 bridgehead atoms. The van der Waals surface area contributed by atoms with Crippen molar-refractivity contribution in [2.75, 3.05) is 13.2 Å². The number of carboxylic acids is 1. The van der Waals surface area contributed by atoms with Gasteiger partial charge in [-0.1, -0.05) is 13.8 Å². The van der Waals surface area contributed by atoms with Gasteiger partial charge in [0.2, 0.25) is 5.91 Å². The zero-order chi connectivity index (χ0) is 15.6. The van der Waals surface area contributed by atoms with Crippen molar-refractivity contribution in [3.8, 4) is 0 Å². The van der Waals surface area contributed by atoms with E-state index in [9.17, 15) is 14.7 Å². The van der Waals surface area contributed by atoms with Gasteiger partial charge in [0.25, 0.3) is 0 Å². The van der Waals surface area contributed by atoms with Crippen LogP contribution in [0.5, 0.6) is 0 Å². The quantitative estimate of drug-likeness (QED) is 0.573. The minimum Gasteiger partial charge on any atom is -0.481 e. The summed E-state index contributed by atoms with van der Waals surface area (Å²) in [5, 5.41) is 12.1. The average Bonchev–Trinajstić information content (AvgIpc) is 2.39. The zero-order valence-electron chi connectivity index (χ0n) is 13.2. The molecule has 0 aromatic rings. The maximum absolute atomic E-state index is 11.8. The van der Waals surface area contributed by atoms with Crippen molar-refractivity contribution in [1.29, 1.82) is 0 Å². The number of amides is 1.